The van der Waals surface area contributed by atoms with Gasteiger partial charge in [0, 0.05) is 10.6 Å². The van der Waals surface area contributed by atoms with Crippen LogP contribution in [0.15, 0.2) is 36.4 Å². The van der Waals surface area contributed by atoms with Gasteiger partial charge >= 0.3 is 0 Å². The maximum Gasteiger partial charge on any atom is 0.243 e. The van der Waals surface area contributed by atoms with Gasteiger partial charge in [-0.15, -0.1) is 0 Å². The summed E-state index contributed by atoms with van der Waals surface area (Å²) in [5.74, 6) is -0.621. The number of amides is 2. The lowest BCUT2D eigenvalue weighted by molar-refractivity contribution is -0.123. The van der Waals surface area contributed by atoms with E-state index in [1.54, 1.807) is 18.2 Å². The van der Waals surface area contributed by atoms with E-state index in [-0.39, 0.29) is 29.9 Å². The maximum absolute atomic E-state index is 13.2. The Morgan fingerprint density at radius 1 is 1.10 bits per heavy atom. The van der Waals surface area contributed by atoms with Gasteiger partial charge in [0.15, 0.2) is 0 Å². The average Bonchev–Trinajstić information content (AvgIpc) is 2.64. The molecule has 0 atom stereocenters. The second kappa shape index (κ2) is 9.71. The number of hydrogen-bond donors (Lipinski definition) is 3. The van der Waals surface area contributed by atoms with Gasteiger partial charge in [-0.2, -0.15) is 0 Å². The zero-order valence-corrected chi connectivity index (χ0v) is 17.6. The van der Waals surface area contributed by atoms with Crippen LogP contribution in [0.1, 0.15) is 25.0 Å². The normalized spacial score (nSPS) is 11.1. The number of anilines is 1. The smallest absolute Gasteiger partial charge is 0.243 e. The molecule has 0 aliphatic carbocycles. The van der Waals surface area contributed by atoms with Crippen molar-refractivity contribution < 1.29 is 18.7 Å². The Kier molecular flexibility index (Phi) is 7.59. The largest absolute Gasteiger partial charge is 0.495 e. The average molecular weight is 422 g/mol. The molecule has 2 aromatic carbocycles. The lowest BCUT2D eigenvalue weighted by Crippen LogP contribution is -2.45. The predicted octanol–water partition coefficient (Wildman–Crippen LogP) is 3.38. The van der Waals surface area contributed by atoms with Gasteiger partial charge in [-0.25, -0.2) is 4.39 Å². The number of aryl methyl sites for hydroxylation is 1. The topological polar surface area (TPSA) is 79.5 Å². The standard InChI is InChI=1S/C21H25ClFN3O3/c1-13-5-8-18(29-4)17(9-13)26-20(28)11-24-19(27)12-25-21(2,3)15-7-6-14(23)10-16(15)22/h5-10,25H,11-12H2,1-4H3,(H,24,27)(H,26,28). The fourth-order valence-electron chi connectivity index (χ4n) is 2.75. The Morgan fingerprint density at radius 2 is 1.83 bits per heavy atom. The van der Waals surface area contributed by atoms with Crippen molar-refractivity contribution in [2.45, 2.75) is 26.3 Å². The SMILES string of the molecule is COc1ccc(C)cc1NC(=O)CNC(=O)CNC(C)(C)c1ccc(F)cc1Cl. The molecule has 3 N–H and O–H groups in total. The van der Waals surface area contributed by atoms with Crippen molar-refractivity contribution >= 4 is 29.1 Å². The first-order valence-corrected chi connectivity index (χ1v) is 9.42. The zero-order chi connectivity index (χ0) is 21.6. The quantitative estimate of drug-likeness (QED) is 0.610. The van der Waals surface area contributed by atoms with E-state index in [4.69, 9.17) is 16.3 Å². The molecule has 0 bridgehead atoms. The zero-order valence-electron chi connectivity index (χ0n) is 16.9. The van der Waals surface area contributed by atoms with Crippen LogP contribution in [-0.4, -0.2) is 32.0 Å². The summed E-state index contributed by atoms with van der Waals surface area (Å²) in [6.45, 7) is 5.33. The van der Waals surface area contributed by atoms with Crippen LogP contribution in [0.3, 0.4) is 0 Å². The number of benzene rings is 2. The van der Waals surface area contributed by atoms with Crippen LogP contribution < -0.4 is 20.7 Å². The molecule has 6 nitrogen and oxygen atoms in total. The van der Waals surface area contributed by atoms with Gasteiger partial charge in [0.05, 0.1) is 25.9 Å². The minimum atomic E-state index is -0.667. The fraction of sp³-hybridized carbons (Fsp3) is 0.333. The first-order chi connectivity index (χ1) is 13.6. The van der Waals surface area contributed by atoms with E-state index >= 15 is 0 Å². The van der Waals surface area contributed by atoms with Crippen molar-refractivity contribution in [1.29, 1.82) is 0 Å². The number of rotatable bonds is 8. The van der Waals surface area contributed by atoms with Gasteiger partial charge in [0.1, 0.15) is 11.6 Å². The van der Waals surface area contributed by atoms with Crippen LogP contribution in [0.25, 0.3) is 0 Å². The Balaban J connectivity index is 1.86. The number of hydrogen-bond acceptors (Lipinski definition) is 4. The third-order valence-corrected chi connectivity index (χ3v) is 4.68. The molecule has 0 aliphatic heterocycles. The first-order valence-electron chi connectivity index (χ1n) is 9.04. The second-order valence-corrected chi connectivity index (χ2v) is 7.54. The molecule has 0 heterocycles. The molecule has 0 aliphatic rings. The van der Waals surface area contributed by atoms with Gasteiger partial charge in [0.25, 0.3) is 0 Å². The maximum atomic E-state index is 13.2. The Morgan fingerprint density at radius 3 is 2.48 bits per heavy atom. The molecule has 0 aromatic heterocycles. The molecule has 2 rings (SSSR count). The third kappa shape index (κ3) is 6.44. The van der Waals surface area contributed by atoms with E-state index in [0.717, 1.165) is 5.56 Å². The molecular weight excluding hydrogens is 397 g/mol. The highest BCUT2D eigenvalue weighted by Gasteiger charge is 2.24. The first kappa shape index (κ1) is 22.6. The number of halogens is 2. The lowest BCUT2D eigenvalue weighted by atomic mass is 9.94. The fourth-order valence-corrected chi connectivity index (χ4v) is 3.15. The summed E-state index contributed by atoms with van der Waals surface area (Å²) in [5.41, 5.74) is 1.50. The molecule has 0 spiro atoms. The summed E-state index contributed by atoms with van der Waals surface area (Å²) in [7, 11) is 1.52. The minimum absolute atomic E-state index is 0.0399. The molecule has 29 heavy (non-hydrogen) atoms. The van der Waals surface area contributed by atoms with Crippen LogP contribution in [0.2, 0.25) is 5.02 Å². The molecule has 2 amide bonds. The molecule has 0 saturated heterocycles. The van der Waals surface area contributed by atoms with Crippen LogP contribution in [0, 0.1) is 12.7 Å². The van der Waals surface area contributed by atoms with E-state index in [1.807, 2.05) is 26.8 Å². The number of carbonyl (C=O) groups is 2. The predicted molar refractivity (Wildman–Crippen MR) is 112 cm³/mol. The highest BCUT2D eigenvalue weighted by molar-refractivity contribution is 6.31. The van der Waals surface area contributed by atoms with E-state index < -0.39 is 11.4 Å². The molecule has 8 heteroatoms. The van der Waals surface area contributed by atoms with Crippen LogP contribution >= 0.6 is 11.6 Å². The van der Waals surface area contributed by atoms with E-state index in [2.05, 4.69) is 16.0 Å². The Labute approximate surface area is 174 Å². The van der Waals surface area contributed by atoms with Crippen molar-refractivity contribution in [3.05, 3.63) is 58.4 Å². The molecule has 0 saturated carbocycles. The summed E-state index contributed by atoms with van der Waals surface area (Å²) < 4.78 is 18.5. The summed E-state index contributed by atoms with van der Waals surface area (Å²) in [6.07, 6.45) is 0. The summed E-state index contributed by atoms with van der Waals surface area (Å²) in [4.78, 5) is 24.3. The summed E-state index contributed by atoms with van der Waals surface area (Å²) in [6, 6.07) is 9.53. The number of ether oxygens (including phenoxy) is 1. The van der Waals surface area contributed by atoms with Crippen molar-refractivity contribution in [1.82, 2.24) is 10.6 Å². The van der Waals surface area contributed by atoms with E-state index in [1.165, 1.54) is 19.2 Å². The highest BCUT2D eigenvalue weighted by atomic mass is 35.5. The van der Waals surface area contributed by atoms with Gasteiger partial charge in [-0.3, -0.25) is 14.9 Å². The van der Waals surface area contributed by atoms with Gasteiger partial charge in [-0.05, 0) is 56.2 Å². The summed E-state index contributed by atoms with van der Waals surface area (Å²) in [5, 5.41) is 8.61. The van der Waals surface area contributed by atoms with Crippen molar-refractivity contribution in [3.63, 3.8) is 0 Å². The summed E-state index contributed by atoms with van der Waals surface area (Å²) >= 11 is 6.10. The Bertz CT molecular complexity index is 903. The van der Waals surface area contributed by atoms with Crippen molar-refractivity contribution in [2.24, 2.45) is 0 Å². The lowest BCUT2D eigenvalue weighted by Gasteiger charge is -2.27. The molecule has 0 unspecified atom stereocenters. The third-order valence-electron chi connectivity index (χ3n) is 4.37. The van der Waals surface area contributed by atoms with Crippen LogP contribution in [0.5, 0.6) is 5.75 Å². The molecule has 156 valence electrons. The van der Waals surface area contributed by atoms with E-state index in [9.17, 15) is 14.0 Å². The molecule has 0 fully saturated rings. The number of nitrogens with one attached hydrogen (secondary N) is 3. The Hall–Kier alpha value is -2.64. The van der Waals surface area contributed by atoms with Gasteiger partial charge in [0.2, 0.25) is 11.8 Å². The molecular formula is C21H25ClFN3O3. The monoisotopic (exact) mass is 421 g/mol. The number of methoxy groups -OCH3 is 1. The molecule has 0 radical (unpaired) electrons. The van der Waals surface area contributed by atoms with Crippen molar-refractivity contribution in [3.8, 4) is 5.75 Å². The van der Waals surface area contributed by atoms with Crippen LogP contribution in [-0.2, 0) is 15.1 Å². The minimum Gasteiger partial charge on any atom is -0.495 e. The second-order valence-electron chi connectivity index (χ2n) is 7.13. The molecule has 2 aromatic rings. The van der Waals surface area contributed by atoms with E-state index in [0.29, 0.717) is 17.0 Å². The van der Waals surface area contributed by atoms with Crippen molar-refractivity contribution in [2.75, 3.05) is 25.5 Å². The van der Waals surface area contributed by atoms with Gasteiger partial charge in [-0.1, -0.05) is 23.7 Å². The number of carbonyl (C=O) groups excluding carboxylic acids is 2. The van der Waals surface area contributed by atoms with Crippen LogP contribution in [0.4, 0.5) is 10.1 Å². The highest BCUT2D eigenvalue weighted by Crippen LogP contribution is 2.28. The van der Waals surface area contributed by atoms with Gasteiger partial charge < -0.3 is 15.4 Å².